The zero-order valence-corrected chi connectivity index (χ0v) is 10.3. The van der Waals surface area contributed by atoms with Gasteiger partial charge in [0.15, 0.2) is 9.84 Å². The minimum Gasteiger partial charge on any atom is -0.317 e. The van der Waals surface area contributed by atoms with Crippen LogP contribution in [0.4, 0.5) is 4.39 Å². The number of rotatable bonds is 2. The van der Waals surface area contributed by atoms with Crippen molar-refractivity contribution in [2.45, 2.75) is 29.4 Å². The molecule has 2 rings (SSSR count). The van der Waals surface area contributed by atoms with Gasteiger partial charge < -0.3 is 5.32 Å². The van der Waals surface area contributed by atoms with Crippen LogP contribution in [0.15, 0.2) is 29.2 Å². The van der Waals surface area contributed by atoms with Gasteiger partial charge in [0.1, 0.15) is 10.7 Å². The Balaban J connectivity index is 2.32. The summed E-state index contributed by atoms with van der Waals surface area (Å²) in [5.41, 5.74) is 0. The van der Waals surface area contributed by atoms with Crippen molar-refractivity contribution < 1.29 is 12.8 Å². The molecule has 1 aromatic rings. The Morgan fingerprint density at radius 2 is 1.94 bits per heavy atom. The summed E-state index contributed by atoms with van der Waals surface area (Å²) in [5.74, 6) is -0.648. The summed E-state index contributed by atoms with van der Waals surface area (Å²) in [6, 6.07) is 5.61. The van der Waals surface area contributed by atoms with Gasteiger partial charge >= 0.3 is 0 Å². The van der Waals surface area contributed by atoms with E-state index in [1.54, 1.807) is 6.07 Å². The first kappa shape index (κ1) is 12.5. The van der Waals surface area contributed by atoms with Gasteiger partial charge in [0.05, 0.1) is 5.25 Å². The standard InChI is InChI=1S/C12H16FNO2S/c13-11-5-1-2-6-12(11)17(15,16)10-4-3-8-14-9-7-10/h1-2,5-6,10,14H,3-4,7-9H2. The van der Waals surface area contributed by atoms with Crippen LogP contribution < -0.4 is 5.32 Å². The number of sulfone groups is 1. The average molecular weight is 257 g/mol. The molecule has 1 fully saturated rings. The molecule has 0 radical (unpaired) electrons. The molecule has 0 aliphatic carbocycles. The van der Waals surface area contributed by atoms with E-state index in [0.717, 1.165) is 13.0 Å². The first-order valence-corrected chi connectivity index (χ1v) is 7.36. The second-order valence-corrected chi connectivity index (χ2v) is 6.47. The molecule has 1 unspecified atom stereocenters. The quantitative estimate of drug-likeness (QED) is 0.878. The van der Waals surface area contributed by atoms with Gasteiger partial charge in [-0.05, 0) is 44.5 Å². The monoisotopic (exact) mass is 257 g/mol. The molecule has 17 heavy (non-hydrogen) atoms. The second-order valence-electron chi connectivity index (χ2n) is 4.28. The largest absolute Gasteiger partial charge is 0.317 e. The van der Waals surface area contributed by atoms with E-state index in [1.807, 2.05) is 0 Å². The maximum absolute atomic E-state index is 13.5. The Bertz CT molecular complexity index is 479. The van der Waals surface area contributed by atoms with E-state index in [0.29, 0.717) is 19.4 Å². The fraction of sp³-hybridized carbons (Fsp3) is 0.500. The molecule has 1 aliphatic rings. The van der Waals surface area contributed by atoms with Gasteiger partial charge in [0.25, 0.3) is 0 Å². The first-order valence-electron chi connectivity index (χ1n) is 5.81. The lowest BCUT2D eigenvalue weighted by Crippen LogP contribution is -2.24. The molecule has 3 nitrogen and oxygen atoms in total. The van der Waals surface area contributed by atoms with Crippen molar-refractivity contribution in [1.82, 2.24) is 5.32 Å². The maximum atomic E-state index is 13.5. The van der Waals surface area contributed by atoms with Crippen molar-refractivity contribution in [3.8, 4) is 0 Å². The number of hydrogen-bond acceptors (Lipinski definition) is 3. The molecule has 0 spiro atoms. The van der Waals surface area contributed by atoms with Crippen LogP contribution in [0.25, 0.3) is 0 Å². The second kappa shape index (κ2) is 5.14. The summed E-state index contributed by atoms with van der Waals surface area (Å²) in [7, 11) is -3.53. The fourth-order valence-electron chi connectivity index (χ4n) is 2.15. The van der Waals surface area contributed by atoms with Gasteiger partial charge in [-0.3, -0.25) is 0 Å². The third-order valence-electron chi connectivity index (χ3n) is 3.10. The van der Waals surface area contributed by atoms with Crippen LogP contribution in [0.3, 0.4) is 0 Å². The third-order valence-corrected chi connectivity index (χ3v) is 5.40. The van der Waals surface area contributed by atoms with Crippen LogP contribution in [0.1, 0.15) is 19.3 Å². The van der Waals surface area contributed by atoms with Gasteiger partial charge in [0, 0.05) is 0 Å². The van der Waals surface area contributed by atoms with Gasteiger partial charge in [0.2, 0.25) is 0 Å². The van der Waals surface area contributed by atoms with Gasteiger partial charge in [-0.1, -0.05) is 12.1 Å². The Morgan fingerprint density at radius 3 is 2.71 bits per heavy atom. The smallest absolute Gasteiger partial charge is 0.184 e. The molecule has 1 aliphatic heterocycles. The average Bonchev–Trinajstić information content (AvgIpc) is 2.58. The van der Waals surface area contributed by atoms with E-state index >= 15 is 0 Å². The minimum absolute atomic E-state index is 0.160. The van der Waals surface area contributed by atoms with Gasteiger partial charge in [-0.2, -0.15) is 0 Å². The Kier molecular flexibility index (Phi) is 3.79. The summed E-state index contributed by atoms with van der Waals surface area (Å²) < 4.78 is 38.1. The lowest BCUT2D eigenvalue weighted by Gasteiger charge is -2.15. The number of benzene rings is 1. The third kappa shape index (κ3) is 2.66. The van der Waals surface area contributed by atoms with Crippen molar-refractivity contribution >= 4 is 9.84 Å². The van der Waals surface area contributed by atoms with Crippen LogP contribution in [0.5, 0.6) is 0 Å². The highest BCUT2D eigenvalue weighted by Crippen LogP contribution is 2.24. The normalized spacial score (nSPS) is 22.1. The SMILES string of the molecule is O=S(=O)(c1ccccc1F)C1CCCNCC1. The molecular formula is C12H16FNO2S. The first-order chi connectivity index (χ1) is 8.12. The number of nitrogens with one attached hydrogen (secondary N) is 1. The van der Waals surface area contributed by atoms with Crippen molar-refractivity contribution in [3.05, 3.63) is 30.1 Å². The summed E-state index contributed by atoms with van der Waals surface area (Å²) in [4.78, 5) is -0.160. The number of halogens is 1. The van der Waals surface area contributed by atoms with E-state index in [2.05, 4.69) is 5.32 Å². The predicted octanol–water partition coefficient (Wildman–Crippen LogP) is 1.74. The minimum atomic E-state index is -3.53. The molecule has 0 saturated carbocycles. The molecular weight excluding hydrogens is 241 g/mol. The lowest BCUT2D eigenvalue weighted by atomic mass is 10.2. The summed E-state index contributed by atoms with van der Waals surface area (Å²) in [6.07, 6.45) is 1.97. The molecule has 1 heterocycles. The summed E-state index contributed by atoms with van der Waals surface area (Å²) >= 11 is 0. The molecule has 5 heteroatoms. The zero-order valence-electron chi connectivity index (χ0n) is 9.52. The molecule has 94 valence electrons. The fourth-order valence-corrected chi connectivity index (χ4v) is 4.02. The molecule has 0 amide bonds. The lowest BCUT2D eigenvalue weighted by molar-refractivity contribution is 0.547. The molecule has 1 saturated heterocycles. The van der Waals surface area contributed by atoms with E-state index in [-0.39, 0.29) is 4.90 Å². The Hall–Kier alpha value is -0.940. The van der Waals surface area contributed by atoms with Crippen molar-refractivity contribution in [2.24, 2.45) is 0 Å². The molecule has 1 N–H and O–H groups in total. The Labute approximate surface area is 101 Å². The van der Waals surface area contributed by atoms with Gasteiger partial charge in [-0.15, -0.1) is 0 Å². The molecule has 1 aromatic carbocycles. The summed E-state index contributed by atoms with van der Waals surface area (Å²) in [5, 5.41) is 2.69. The van der Waals surface area contributed by atoms with Crippen molar-refractivity contribution in [2.75, 3.05) is 13.1 Å². The highest BCUT2D eigenvalue weighted by molar-refractivity contribution is 7.92. The van der Waals surface area contributed by atoms with Crippen LogP contribution in [0.2, 0.25) is 0 Å². The topological polar surface area (TPSA) is 46.2 Å². The molecule has 1 atom stereocenters. The highest BCUT2D eigenvalue weighted by atomic mass is 32.2. The van der Waals surface area contributed by atoms with Crippen LogP contribution in [-0.2, 0) is 9.84 Å². The van der Waals surface area contributed by atoms with Crippen LogP contribution in [0, 0.1) is 5.82 Å². The maximum Gasteiger partial charge on any atom is 0.184 e. The van der Waals surface area contributed by atoms with E-state index < -0.39 is 20.9 Å². The van der Waals surface area contributed by atoms with Crippen LogP contribution >= 0.6 is 0 Å². The molecule has 0 aromatic heterocycles. The van der Waals surface area contributed by atoms with Gasteiger partial charge in [-0.25, -0.2) is 12.8 Å². The zero-order chi connectivity index (χ0) is 12.3. The Morgan fingerprint density at radius 1 is 1.18 bits per heavy atom. The number of hydrogen-bond donors (Lipinski definition) is 1. The van der Waals surface area contributed by atoms with Crippen molar-refractivity contribution in [1.29, 1.82) is 0 Å². The summed E-state index contributed by atoms with van der Waals surface area (Å²) in [6.45, 7) is 1.52. The van der Waals surface area contributed by atoms with Crippen LogP contribution in [-0.4, -0.2) is 26.8 Å². The van der Waals surface area contributed by atoms with Crippen molar-refractivity contribution in [3.63, 3.8) is 0 Å². The highest BCUT2D eigenvalue weighted by Gasteiger charge is 2.29. The molecule has 0 bridgehead atoms. The van der Waals surface area contributed by atoms with E-state index in [9.17, 15) is 12.8 Å². The predicted molar refractivity (Wildman–Crippen MR) is 64.1 cm³/mol. The van der Waals surface area contributed by atoms with E-state index in [4.69, 9.17) is 0 Å². The van der Waals surface area contributed by atoms with E-state index in [1.165, 1.54) is 18.2 Å².